The Kier molecular flexibility index (Phi) is 3.85. The zero-order valence-electron chi connectivity index (χ0n) is 5.39. The molecule has 0 heterocycles. The van der Waals surface area contributed by atoms with Crippen LogP contribution in [0, 0.1) is 0 Å². The minimum absolute atomic E-state index is 1.16. The molecule has 0 aliphatic heterocycles. The zero-order valence-corrected chi connectivity index (χ0v) is 5.39. The second-order valence-corrected chi connectivity index (χ2v) is 1.49. The molecule has 0 amide bonds. The average molecular weight is 109 g/mol. The molecule has 0 radical (unpaired) electrons. The van der Waals surface area contributed by atoms with Gasteiger partial charge >= 0.3 is 0 Å². The van der Waals surface area contributed by atoms with Gasteiger partial charge in [0.15, 0.2) is 0 Å². The van der Waals surface area contributed by atoms with Gasteiger partial charge in [-0.15, -0.1) is 0 Å². The molecule has 0 unspecified atom stereocenters. The van der Waals surface area contributed by atoms with Crippen LogP contribution in [0.5, 0.6) is 0 Å². The number of hydrogen-bond donors (Lipinski definition) is 0. The summed E-state index contributed by atoms with van der Waals surface area (Å²) in [7, 11) is 0. The Morgan fingerprint density at radius 2 is 2.25 bits per heavy atom. The first-order chi connectivity index (χ1) is 3.81. The van der Waals surface area contributed by atoms with Crippen molar-refractivity contribution in [2.45, 2.75) is 13.8 Å². The molecule has 0 aromatic rings. The maximum Gasteiger partial charge on any atom is 0.0293 e. The van der Waals surface area contributed by atoms with Crippen LogP contribution in [-0.4, -0.2) is 6.21 Å². The number of allylic oxidation sites excluding steroid dienone is 2. The lowest BCUT2D eigenvalue weighted by Gasteiger charge is -1.81. The maximum absolute atomic E-state index is 3.81. The molecule has 8 heavy (non-hydrogen) atoms. The van der Waals surface area contributed by atoms with Gasteiger partial charge in [-0.25, -0.2) is 0 Å². The highest BCUT2D eigenvalue weighted by Crippen LogP contribution is 1.84. The van der Waals surface area contributed by atoms with E-state index in [0.29, 0.717) is 0 Å². The Morgan fingerprint density at radius 3 is 2.62 bits per heavy atom. The van der Waals surface area contributed by atoms with Crippen LogP contribution in [0.15, 0.2) is 29.4 Å². The average Bonchev–Trinajstić information content (AvgIpc) is 1.83. The molecular formula is C7H11N. The van der Waals surface area contributed by atoms with Crippen molar-refractivity contribution >= 4 is 6.21 Å². The Morgan fingerprint density at radius 1 is 1.62 bits per heavy atom. The molecule has 0 aliphatic rings. The molecule has 0 saturated carbocycles. The van der Waals surface area contributed by atoms with Crippen molar-refractivity contribution in [2.24, 2.45) is 4.99 Å². The molecule has 0 aliphatic carbocycles. The Hall–Kier alpha value is -0.850. The van der Waals surface area contributed by atoms with Crippen LogP contribution in [0.3, 0.4) is 0 Å². The van der Waals surface area contributed by atoms with Crippen LogP contribution in [0.4, 0.5) is 0 Å². The normalized spacial score (nSPS) is 12.5. The molecule has 1 nitrogen and oxygen atoms in total. The number of aliphatic imine (C=N–C) groups is 1. The van der Waals surface area contributed by atoms with E-state index in [1.54, 1.807) is 6.21 Å². The third-order valence-electron chi connectivity index (χ3n) is 0.839. The first-order valence-corrected chi connectivity index (χ1v) is 2.58. The molecule has 0 aromatic heterocycles. The summed E-state index contributed by atoms with van der Waals surface area (Å²) in [4.78, 5) is 3.81. The van der Waals surface area contributed by atoms with E-state index >= 15 is 0 Å². The molecule has 0 fully saturated rings. The molecule has 0 N–H and O–H groups in total. The standard InChI is InChI=1S/C7H11N/c1-4-7(3)6-8-5-2/h4-6H,2H2,1,3H3/b7-4-,8-6-. The van der Waals surface area contributed by atoms with Gasteiger partial charge in [-0.2, -0.15) is 0 Å². The summed E-state index contributed by atoms with van der Waals surface area (Å²) in [6.07, 6.45) is 5.28. The Balaban J connectivity index is 3.69. The highest BCUT2D eigenvalue weighted by atomic mass is 14.6. The summed E-state index contributed by atoms with van der Waals surface area (Å²) in [5.74, 6) is 0. The van der Waals surface area contributed by atoms with E-state index < -0.39 is 0 Å². The first-order valence-electron chi connectivity index (χ1n) is 2.58. The fourth-order valence-corrected chi connectivity index (χ4v) is 0.245. The second kappa shape index (κ2) is 4.31. The molecule has 44 valence electrons. The highest BCUT2D eigenvalue weighted by Gasteiger charge is 1.72. The molecule has 0 bridgehead atoms. The van der Waals surface area contributed by atoms with Crippen LogP contribution >= 0.6 is 0 Å². The minimum atomic E-state index is 1.16. The lowest BCUT2D eigenvalue weighted by molar-refractivity contribution is 1.51. The van der Waals surface area contributed by atoms with Crippen molar-refractivity contribution in [1.82, 2.24) is 0 Å². The van der Waals surface area contributed by atoms with Gasteiger partial charge in [0.2, 0.25) is 0 Å². The van der Waals surface area contributed by atoms with Gasteiger partial charge in [0.1, 0.15) is 0 Å². The first kappa shape index (κ1) is 7.15. The summed E-state index contributed by atoms with van der Waals surface area (Å²) in [5, 5.41) is 0. The lowest BCUT2D eigenvalue weighted by atomic mass is 10.3. The second-order valence-electron chi connectivity index (χ2n) is 1.49. The summed E-state index contributed by atoms with van der Waals surface area (Å²) >= 11 is 0. The largest absolute Gasteiger partial charge is 0.265 e. The molecule has 0 saturated heterocycles. The Labute approximate surface area is 50.4 Å². The maximum atomic E-state index is 3.81. The number of hydrogen-bond acceptors (Lipinski definition) is 1. The monoisotopic (exact) mass is 109 g/mol. The highest BCUT2D eigenvalue weighted by molar-refractivity contribution is 5.77. The van der Waals surface area contributed by atoms with Crippen LogP contribution in [0.25, 0.3) is 0 Å². The summed E-state index contributed by atoms with van der Waals surface area (Å²) < 4.78 is 0. The van der Waals surface area contributed by atoms with Gasteiger partial charge in [0, 0.05) is 12.4 Å². The van der Waals surface area contributed by atoms with Crippen molar-refractivity contribution in [1.29, 1.82) is 0 Å². The molecule has 0 aromatic carbocycles. The Bertz CT molecular complexity index is 120. The molecule has 0 spiro atoms. The van der Waals surface area contributed by atoms with Gasteiger partial charge in [0.25, 0.3) is 0 Å². The van der Waals surface area contributed by atoms with E-state index in [0.717, 1.165) is 5.57 Å². The summed E-state index contributed by atoms with van der Waals surface area (Å²) in [5.41, 5.74) is 1.16. The predicted octanol–water partition coefficient (Wildman–Crippen LogP) is 2.17. The zero-order chi connectivity index (χ0) is 6.41. The predicted molar refractivity (Wildman–Crippen MR) is 38.1 cm³/mol. The van der Waals surface area contributed by atoms with Gasteiger partial charge < -0.3 is 0 Å². The topological polar surface area (TPSA) is 12.4 Å². The quantitative estimate of drug-likeness (QED) is 0.482. The van der Waals surface area contributed by atoms with Crippen molar-refractivity contribution < 1.29 is 0 Å². The van der Waals surface area contributed by atoms with Crippen molar-refractivity contribution in [2.75, 3.05) is 0 Å². The van der Waals surface area contributed by atoms with E-state index in [-0.39, 0.29) is 0 Å². The van der Waals surface area contributed by atoms with Crippen LogP contribution in [0.1, 0.15) is 13.8 Å². The number of nitrogens with zero attached hydrogens (tertiary/aromatic N) is 1. The van der Waals surface area contributed by atoms with Gasteiger partial charge in [0.05, 0.1) is 0 Å². The lowest BCUT2D eigenvalue weighted by Crippen LogP contribution is -1.71. The van der Waals surface area contributed by atoms with E-state index in [2.05, 4.69) is 11.6 Å². The van der Waals surface area contributed by atoms with Crippen molar-refractivity contribution in [3.05, 3.63) is 24.4 Å². The molecular weight excluding hydrogens is 98.1 g/mol. The summed E-state index contributed by atoms with van der Waals surface area (Å²) in [6.45, 7) is 7.41. The van der Waals surface area contributed by atoms with E-state index in [9.17, 15) is 0 Å². The SMILES string of the molecule is C=C/N=C\C(C)=C/C. The van der Waals surface area contributed by atoms with Gasteiger partial charge in [-0.3, -0.25) is 4.99 Å². The fourth-order valence-electron chi connectivity index (χ4n) is 0.245. The summed E-state index contributed by atoms with van der Waals surface area (Å²) in [6, 6.07) is 0. The fraction of sp³-hybridized carbons (Fsp3) is 0.286. The third kappa shape index (κ3) is 3.34. The van der Waals surface area contributed by atoms with Gasteiger partial charge in [-0.1, -0.05) is 12.7 Å². The van der Waals surface area contributed by atoms with Gasteiger partial charge in [-0.05, 0) is 19.4 Å². The third-order valence-corrected chi connectivity index (χ3v) is 0.839. The van der Waals surface area contributed by atoms with E-state index in [4.69, 9.17) is 0 Å². The minimum Gasteiger partial charge on any atom is -0.265 e. The van der Waals surface area contributed by atoms with Crippen molar-refractivity contribution in [3.8, 4) is 0 Å². The van der Waals surface area contributed by atoms with Crippen LogP contribution in [-0.2, 0) is 0 Å². The van der Waals surface area contributed by atoms with Crippen LogP contribution < -0.4 is 0 Å². The molecule has 0 atom stereocenters. The van der Waals surface area contributed by atoms with Crippen molar-refractivity contribution in [3.63, 3.8) is 0 Å². The van der Waals surface area contributed by atoms with Crippen LogP contribution in [0.2, 0.25) is 0 Å². The van der Waals surface area contributed by atoms with E-state index in [1.807, 2.05) is 19.9 Å². The molecule has 1 heteroatoms. The smallest absolute Gasteiger partial charge is 0.0293 e. The number of rotatable bonds is 2. The van der Waals surface area contributed by atoms with E-state index in [1.165, 1.54) is 6.20 Å². The molecule has 0 rings (SSSR count).